The summed E-state index contributed by atoms with van der Waals surface area (Å²) in [5.74, 6) is -2.15. The van der Waals surface area contributed by atoms with Crippen LogP contribution in [0.15, 0.2) is 12.1 Å². The van der Waals surface area contributed by atoms with Crippen LogP contribution in [0.4, 0.5) is 14.5 Å². The summed E-state index contributed by atoms with van der Waals surface area (Å²) >= 11 is 0. The average molecular weight is 284 g/mol. The van der Waals surface area contributed by atoms with Gasteiger partial charge in [-0.15, -0.1) is 0 Å². The highest BCUT2D eigenvalue weighted by Gasteiger charge is 2.21. The Kier molecular flexibility index (Phi) is 6.36. The van der Waals surface area contributed by atoms with Gasteiger partial charge in [0.05, 0.1) is 24.5 Å². The van der Waals surface area contributed by atoms with E-state index in [0.717, 1.165) is 0 Å². The zero-order valence-corrected chi connectivity index (χ0v) is 11.8. The summed E-state index contributed by atoms with van der Waals surface area (Å²) in [6.07, 6.45) is 0. The van der Waals surface area contributed by atoms with Gasteiger partial charge in [0, 0.05) is 26.8 Å². The maximum absolute atomic E-state index is 14.1. The van der Waals surface area contributed by atoms with Crippen molar-refractivity contribution in [2.45, 2.75) is 13.0 Å². The summed E-state index contributed by atoms with van der Waals surface area (Å²) in [6.45, 7) is 2.97. The molecule has 1 unspecified atom stereocenters. The highest BCUT2D eigenvalue weighted by Crippen LogP contribution is 2.25. The molecule has 0 radical (unpaired) electrons. The topological polar surface area (TPSA) is 45.5 Å². The minimum absolute atomic E-state index is 0.100. The Bertz CT molecular complexity index is 489. The standard InChI is InChI=1S/C14H18F2N2O2/c1-10(9-20-3)18(6-7-19-2)12-5-4-11(8-17)13(15)14(12)16/h4-5,10H,6-7,9H2,1-3H3. The molecule has 0 bridgehead atoms. The molecule has 1 aromatic rings. The van der Waals surface area contributed by atoms with Crippen LogP contribution in [0.5, 0.6) is 0 Å². The molecular weight excluding hydrogens is 266 g/mol. The van der Waals surface area contributed by atoms with E-state index in [9.17, 15) is 8.78 Å². The maximum atomic E-state index is 14.1. The molecule has 0 aliphatic rings. The number of nitrogens with zero attached hydrogens (tertiary/aromatic N) is 2. The van der Waals surface area contributed by atoms with Gasteiger partial charge in [0.2, 0.25) is 0 Å². The number of nitriles is 1. The molecule has 20 heavy (non-hydrogen) atoms. The monoisotopic (exact) mass is 284 g/mol. The number of ether oxygens (including phenoxy) is 2. The molecular formula is C14H18F2N2O2. The number of rotatable bonds is 7. The smallest absolute Gasteiger partial charge is 0.183 e. The third kappa shape index (κ3) is 3.65. The Balaban J connectivity index is 3.13. The second kappa shape index (κ2) is 7.78. The number of halogens is 2. The lowest BCUT2D eigenvalue weighted by atomic mass is 10.1. The van der Waals surface area contributed by atoms with Crippen molar-refractivity contribution in [2.24, 2.45) is 0 Å². The van der Waals surface area contributed by atoms with Gasteiger partial charge in [-0.1, -0.05) is 0 Å². The predicted octanol–water partition coefficient (Wildman–Crippen LogP) is 2.32. The zero-order valence-electron chi connectivity index (χ0n) is 11.8. The van der Waals surface area contributed by atoms with E-state index < -0.39 is 11.6 Å². The van der Waals surface area contributed by atoms with Gasteiger partial charge in [-0.25, -0.2) is 8.78 Å². The molecule has 110 valence electrons. The van der Waals surface area contributed by atoms with E-state index in [2.05, 4.69) is 0 Å². The van der Waals surface area contributed by atoms with E-state index in [1.807, 2.05) is 6.92 Å². The van der Waals surface area contributed by atoms with Gasteiger partial charge in [0.15, 0.2) is 11.6 Å². The third-order valence-electron chi connectivity index (χ3n) is 2.97. The lowest BCUT2D eigenvalue weighted by molar-refractivity contribution is 0.170. The molecule has 0 aromatic heterocycles. The van der Waals surface area contributed by atoms with Gasteiger partial charge < -0.3 is 14.4 Å². The van der Waals surface area contributed by atoms with E-state index >= 15 is 0 Å². The molecule has 0 heterocycles. The van der Waals surface area contributed by atoms with Crippen molar-refractivity contribution in [1.29, 1.82) is 5.26 Å². The summed E-state index contributed by atoms with van der Waals surface area (Å²) in [6, 6.07) is 4.13. The van der Waals surface area contributed by atoms with Gasteiger partial charge in [-0.2, -0.15) is 5.26 Å². The van der Waals surface area contributed by atoms with Gasteiger partial charge >= 0.3 is 0 Å². The van der Waals surface area contributed by atoms with Crippen molar-refractivity contribution in [1.82, 2.24) is 0 Å². The molecule has 1 atom stereocenters. The van der Waals surface area contributed by atoms with Crippen LogP contribution in [0.1, 0.15) is 12.5 Å². The molecule has 0 spiro atoms. The molecule has 0 N–H and O–H groups in total. The van der Waals surface area contributed by atoms with Crippen LogP contribution >= 0.6 is 0 Å². The first-order valence-electron chi connectivity index (χ1n) is 6.19. The van der Waals surface area contributed by atoms with Gasteiger partial charge in [0.25, 0.3) is 0 Å². The number of anilines is 1. The molecule has 0 fully saturated rings. The minimum atomic E-state index is -1.13. The molecule has 0 saturated heterocycles. The summed E-state index contributed by atoms with van der Waals surface area (Å²) in [5.41, 5.74) is -0.208. The van der Waals surface area contributed by atoms with Crippen LogP contribution < -0.4 is 4.90 Å². The fourth-order valence-corrected chi connectivity index (χ4v) is 1.95. The summed E-state index contributed by atoms with van der Waals surface area (Å²) in [7, 11) is 3.08. The van der Waals surface area contributed by atoms with Crippen LogP contribution in [0.25, 0.3) is 0 Å². The predicted molar refractivity (Wildman–Crippen MR) is 71.6 cm³/mol. The first-order valence-corrected chi connectivity index (χ1v) is 6.19. The van der Waals surface area contributed by atoms with Crippen molar-refractivity contribution in [3.8, 4) is 6.07 Å². The van der Waals surface area contributed by atoms with E-state index in [-0.39, 0.29) is 17.3 Å². The van der Waals surface area contributed by atoms with Gasteiger partial charge in [-0.3, -0.25) is 0 Å². The van der Waals surface area contributed by atoms with Crippen LogP contribution in [0, 0.1) is 23.0 Å². The van der Waals surface area contributed by atoms with E-state index in [0.29, 0.717) is 19.8 Å². The Morgan fingerprint density at radius 1 is 1.25 bits per heavy atom. The van der Waals surface area contributed by atoms with E-state index in [1.165, 1.54) is 19.2 Å². The van der Waals surface area contributed by atoms with Crippen molar-refractivity contribution in [2.75, 3.05) is 38.9 Å². The molecule has 0 aliphatic heterocycles. The molecule has 0 amide bonds. The van der Waals surface area contributed by atoms with Crippen LogP contribution in [-0.2, 0) is 9.47 Å². The fraction of sp³-hybridized carbons (Fsp3) is 0.500. The van der Waals surface area contributed by atoms with Gasteiger partial charge in [-0.05, 0) is 19.1 Å². The number of benzene rings is 1. The van der Waals surface area contributed by atoms with Crippen molar-refractivity contribution < 1.29 is 18.3 Å². The zero-order chi connectivity index (χ0) is 15.1. The summed E-state index contributed by atoms with van der Waals surface area (Å²) in [4.78, 5) is 1.66. The van der Waals surface area contributed by atoms with E-state index in [1.54, 1.807) is 18.1 Å². The summed E-state index contributed by atoms with van der Waals surface area (Å²) in [5, 5.41) is 8.70. The first-order chi connectivity index (χ1) is 9.56. The minimum Gasteiger partial charge on any atom is -0.383 e. The Morgan fingerprint density at radius 2 is 1.95 bits per heavy atom. The maximum Gasteiger partial charge on any atom is 0.183 e. The molecule has 4 nitrogen and oxygen atoms in total. The fourth-order valence-electron chi connectivity index (χ4n) is 1.95. The number of methoxy groups -OCH3 is 2. The largest absolute Gasteiger partial charge is 0.383 e. The lowest BCUT2D eigenvalue weighted by Crippen LogP contribution is -2.39. The normalized spacial score (nSPS) is 12.0. The second-order valence-electron chi connectivity index (χ2n) is 4.36. The number of hydrogen-bond donors (Lipinski definition) is 0. The third-order valence-corrected chi connectivity index (χ3v) is 2.97. The molecule has 0 saturated carbocycles. The van der Waals surface area contributed by atoms with Crippen molar-refractivity contribution in [3.05, 3.63) is 29.3 Å². The van der Waals surface area contributed by atoms with Crippen LogP contribution in [0.2, 0.25) is 0 Å². The first kappa shape index (κ1) is 16.3. The van der Waals surface area contributed by atoms with Crippen molar-refractivity contribution >= 4 is 5.69 Å². The Labute approximate surface area is 117 Å². The lowest BCUT2D eigenvalue weighted by Gasteiger charge is -2.31. The molecule has 0 aliphatic carbocycles. The quantitative estimate of drug-likeness (QED) is 0.771. The second-order valence-corrected chi connectivity index (χ2v) is 4.36. The highest BCUT2D eigenvalue weighted by molar-refractivity contribution is 5.52. The molecule has 6 heteroatoms. The molecule has 1 aromatic carbocycles. The van der Waals surface area contributed by atoms with Crippen molar-refractivity contribution in [3.63, 3.8) is 0 Å². The number of hydrogen-bond acceptors (Lipinski definition) is 4. The van der Waals surface area contributed by atoms with Crippen LogP contribution in [0.3, 0.4) is 0 Å². The average Bonchev–Trinajstić information content (AvgIpc) is 2.44. The van der Waals surface area contributed by atoms with Gasteiger partial charge in [0.1, 0.15) is 6.07 Å². The SMILES string of the molecule is COCCN(c1ccc(C#N)c(F)c1F)C(C)COC. The molecule has 1 rings (SSSR count). The summed E-state index contributed by atoms with van der Waals surface area (Å²) < 4.78 is 37.8. The highest BCUT2D eigenvalue weighted by atomic mass is 19.2. The van der Waals surface area contributed by atoms with Crippen LogP contribution in [-0.4, -0.2) is 40.0 Å². The Morgan fingerprint density at radius 3 is 2.50 bits per heavy atom. The Hall–Kier alpha value is -1.71. The van der Waals surface area contributed by atoms with E-state index in [4.69, 9.17) is 14.7 Å².